The number of carboxylic acid groups (broad SMARTS) is 2. The van der Waals surface area contributed by atoms with Gasteiger partial charge in [-0.3, -0.25) is 19.5 Å². The highest BCUT2D eigenvalue weighted by molar-refractivity contribution is 6.45. The second-order valence-corrected chi connectivity index (χ2v) is 8.42. The van der Waals surface area contributed by atoms with Crippen LogP contribution in [0.15, 0.2) is 11.3 Å². The van der Waals surface area contributed by atoms with Crippen LogP contribution in [0, 0.1) is 27.7 Å². The summed E-state index contributed by atoms with van der Waals surface area (Å²) in [5, 5.41) is 33.0. The largest absolute Gasteiger partial charge is 0.476 e. The number of aromatic amines is 1. The number of hydrogen-bond donors (Lipinski definition) is 5. The molecular weight excluding hydrogens is 544 g/mol. The molecule has 0 bridgehead atoms. The Bertz CT molecular complexity index is 1250. The van der Waals surface area contributed by atoms with Gasteiger partial charge in [-0.2, -0.15) is 10.2 Å². The third-order valence-corrected chi connectivity index (χ3v) is 6.05. The number of nitrogens with one attached hydrogen (secondary N) is 3. The molecule has 1 amide bonds. The van der Waals surface area contributed by atoms with Crippen molar-refractivity contribution in [3.63, 3.8) is 0 Å². The number of H-pyrrole nitrogens is 1. The topological polar surface area (TPSA) is 196 Å². The normalized spacial score (nSPS) is 14.7. The van der Waals surface area contributed by atoms with E-state index >= 15 is 0 Å². The van der Waals surface area contributed by atoms with Gasteiger partial charge in [0.25, 0.3) is 11.8 Å². The van der Waals surface area contributed by atoms with Crippen molar-refractivity contribution in [3.8, 4) is 0 Å². The molecule has 2 aliphatic rings. The molecule has 2 aromatic heterocycles. The maximum Gasteiger partial charge on any atom is 0.356 e. The van der Waals surface area contributed by atoms with Crippen LogP contribution in [0.25, 0.3) is 0 Å². The monoisotopic (exact) mass is 592 g/mol. The average molecular weight is 593 g/mol. The van der Waals surface area contributed by atoms with Crippen molar-refractivity contribution >= 4 is 29.5 Å². The van der Waals surface area contributed by atoms with Gasteiger partial charge in [0.1, 0.15) is 0 Å². The predicted octanol–water partition coefficient (Wildman–Crippen LogP) is 4.37. The van der Waals surface area contributed by atoms with Gasteiger partial charge in [0.15, 0.2) is 11.4 Å². The summed E-state index contributed by atoms with van der Waals surface area (Å²) in [6.45, 7) is 23.0. The molecule has 13 heteroatoms. The number of carbonyl (C=O) groups excluding carboxylic acids is 3. The summed E-state index contributed by atoms with van der Waals surface area (Å²) in [6.07, 6.45) is 1.74. The van der Waals surface area contributed by atoms with Crippen LogP contribution in [0.1, 0.15) is 117 Å². The van der Waals surface area contributed by atoms with E-state index in [1.54, 1.807) is 41.5 Å². The summed E-state index contributed by atoms with van der Waals surface area (Å²) in [7, 11) is 0. The third kappa shape index (κ3) is 10.7. The van der Waals surface area contributed by atoms with E-state index in [1.807, 2.05) is 41.5 Å². The second kappa shape index (κ2) is 19.9. The zero-order valence-electron chi connectivity index (χ0n) is 27.0. The number of allylic oxidation sites excluding steroid dienone is 1. The Morgan fingerprint density at radius 1 is 0.833 bits per heavy atom. The Kier molecular flexibility index (Phi) is 18.9. The van der Waals surface area contributed by atoms with Crippen molar-refractivity contribution in [3.05, 3.63) is 45.2 Å². The van der Waals surface area contributed by atoms with Crippen LogP contribution >= 0.6 is 0 Å². The van der Waals surface area contributed by atoms with Crippen LogP contribution in [-0.4, -0.2) is 72.3 Å². The predicted molar refractivity (Wildman–Crippen MR) is 161 cm³/mol. The lowest BCUT2D eigenvalue weighted by Gasteiger charge is -2.09. The summed E-state index contributed by atoms with van der Waals surface area (Å²) in [6, 6.07) is -0.241. The number of amides is 1. The van der Waals surface area contributed by atoms with Gasteiger partial charge < -0.3 is 20.8 Å². The van der Waals surface area contributed by atoms with Crippen molar-refractivity contribution in [2.24, 2.45) is 0 Å². The van der Waals surface area contributed by atoms with Gasteiger partial charge in [-0.05, 0) is 60.9 Å². The van der Waals surface area contributed by atoms with Crippen molar-refractivity contribution in [2.45, 2.75) is 102 Å². The number of aromatic carboxylic acids is 2. The third-order valence-electron chi connectivity index (χ3n) is 6.05. The Balaban J connectivity index is 0. The Morgan fingerprint density at radius 3 is 1.62 bits per heavy atom. The van der Waals surface area contributed by atoms with Gasteiger partial charge >= 0.3 is 11.9 Å². The first-order chi connectivity index (χ1) is 19.8. The van der Waals surface area contributed by atoms with Crippen LogP contribution in [0.4, 0.5) is 0 Å². The highest BCUT2D eigenvalue weighted by atomic mass is 16.4. The van der Waals surface area contributed by atoms with Crippen molar-refractivity contribution < 1.29 is 34.2 Å². The zero-order chi connectivity index (χ0) is 33.3. The summed E-state index contributed by atoms with van der Waals surface area (Å²) in [4.78, 5) is 54.5. The molecule has 0 spiro atoms. The molecule has 2 aromatic rings. The van der Waals surface area contributed by atoms with Gasteiger partial charge in [-0.15, -0.1) is 0 Å². The summed E-state index contributed by atoms with van der Waals surface area (Å²) >= 11 is 0. The molecule has 1 atom stereocenters. The molecule has 1 fully saturated rings. The van der Waals surface area contributed by atoms with Crippen LogP contribution in [0.2, 0.25) is 0 Å². The molecule has 0 aromatic carbocycles. The van der Waals surface area contributed by atoms with Crippen LogP contribution in [0.5, 0.6) is 0 Å². The maximum atomic E-state index is 12.1. The Hall–Kier alpha value is -4.13. The fourth-order valence-electron chi connectivity index (χ4n) is 3.40. The van der Waals surface area contributed by atoms with E-state index in [0.717, 1.165) is 25.1 Å². The quantitative estimate of drug-likeness (QED) is 0.319. The van der Waals surface area contributed by atoms with Gasteiger partial charge in [-0.25, -0.2) is 14.3 Å². The zero-order valence-corrected chi connectivity index (χ0v) is 27.0. The summed E-state index contributed by atoms with van der Waals surface area (Å²) in [5.74, 6) is -3.17. The van der Waals surface area contributed by atoms with Crippen molar-refractivity contribution in [1.29, 1.82) is 0 Å². The molecule has 4 heterocycles. The molecule has 42 heavy (non-hydrogen) atoms. The van der Waals surface area contributed by atoms with Crippen molar-refractivity contribution in [2.75, 3.05) is 6.54 Å². The number of nitrogens with zero attached hydrogens (tertiary/aromatic N) is 3. The smallest absolute Gasteiger partial charge is 0.356 e. The van der Waals surface area contributed by atoms with Gasteiger partial charge in [0, 0.05) is 33.8 Å². The minimum Gasteiger partial charge on any atom is -0.476 e. The average Bonchev–Trinajstić information content (AvgIpc) is 3.75. The van der Waals surface area contributed by atoms with Gasteiger partial charge in [0.05, 0.1) is 6.04 Å². The number of carboxylic acids is 2. The number of ketones is 1. The van der Waals surface area contributed by atoms with Crippen LogP contribution in [-0.2, 0) is 9.59 Å². The molecule has 0 radical (unpaired) electrons. The molecule has 13 nitrogen and oxygen atoms in total. The lowest BCUT2D eigenvalue weighted by molar-refractivity contribution is -0.134. The first-order valence-electron chi connectivity index (χ1n) is 14.1. The standard InChI is InChI=1S/C11H15N3O3.C6H8N2O2.C6H7NO2.3C2H6/c1-6-7(2)14(13-9(6)11(16)17)10(15)8-4-3-5-12-8;1-3-4(2)7-8-5(3)6(9)10;1-3-4(2)7-6(9)5(3)8;3*1-2/h8,12H,3-5H2,1-2H3,(H,16,17);1-2H3,(H,7,8)(H,9,10);1-2H3,(H,7,8,9);3*1-2H3/t8-;;;;;/m0...../s1. The molecular formula is C29H48N6O7. The van der Waals surface area contributed by atoms with Crippen molar-refractivity contribution in [1.82, 2.24) is 30.6 Å². The fraction of sp³-hybridized carbons (Fsp3) is 0.552. The summed E-state index contributed by atoms with van der Waals surface area (Å²) < 4.78 is 1.21. The highest BCUT2D eigenvalue weighted by Gasteiger charge is 2.28. The van der Waals surface area contributed by atoms with E-state index in [1.165, 1.54) is 4.68 Å². The van der Waals surface area contributed by atoms with E-state index in [0.29, 0.717) is 28.1 Å². The summed E-state index contributed by atoms with van der Waals surface area (Å²) in [5.41, 5.74) is 3.91. The molecule has 2 aliphatic heterocycles. The minimum atomic E-state index is -1.10. The van der Waals surface area contributed by atoms with E-state index in [9.17, 15) is 24.0 Å². The van der Waals surface area contributed by atoms with Crippen LogP contribution in [0.3, 0.4) is 0 Å². The first kappa shape index (κ1) is 40.0. The van der Waals surface area contributed by atoms with Crippen LogP contribution < -0.4 is 10.6 Å². The molecule has 0 saturated carbocycles. The first-order valence-corrected chi connectivity index (χ1v) is 14.1. The number of Topliss-reactive ketones (excluding diaryl/α,β-unsaturated/α-hetero) is 1. The molecule has 1 saturated heterocycles. The fourth-order valence-corrected chi connectivity index (χ4v) is 3.40. The van der Waals surface area contributed by atoms with E-state index in [-0.39, 0.29) is 23.3 Å². The van der Waals surface area contributed by atoms with Gasteiger partial charge in [0.2, 0.25) is 5.78 Å². The maximum absolute atomic E-state index is 12.1. The Morgan fingerprint density at radius 2 is 1.36 bits per heavy atom. The second-order valence-electron chi connectivity index (χ2n) is 8.42. The highest BCUT2D eigenvalue weighted by Crippen LogP contribution is 2.15. The molecule has 236 valence electrons. The van der Waals surface area contributed by atoms with E-state index in [4.69, 9.17) is 10.2 Å². The van der Waals surface area contributed by atoms with E-state index in [2.05, 4.69) is 25.9 Å². The SMILES string of the molecule is CC.CC.CC.CC1=C(C)C(=O)C(=O)N1.Cc1[nH]nc(C(=O)O)c1C.Cc1c(C(=O)O)nn(C(=O)[C@@H]2CCCN2)c1C. The number of rotatable bonds is 3. The number of carbonyl (C=O) groups is 5. The molecule has 0 aliphatic carbocycles. The Labute approximate surface area is 248 Å². The van der Waals surface area contributed by atoms with E-state index < -0.39 is 23.6 Å². The number of aryl methyl sites for hydroxylation is 1. The number of hydrogen-bond acceptors (Lipinski definition) is 8. The molecule has 4 rings (SSSR count). The molecule has 0 unspecified atom stereocenters. The van der Waals surface area contributed by atoms with Gasteiger partial charge in [-0.1, -0.05) is 41.5 Å². The lowest BCUT2D eigenvalue weighted by Crippen LogP contribution is -2.36. The number of aromatic nitrogens is 4. The minimum absolute atomic E-state index is 0.0474. The molecule has 5 N–H and O–H groups in total. The lowest BCUT2D eigenvalue weighted by atomic mass is 10.2.